The summed E-state index contributed by atoms with van der Waals surface area (Å²) in [6, 6.07) is 8.33. The average molecular weight is 308 g/mol. The van der Waals surface area contributed by atoms with E-state index in [0.29, 0.717) is 29.6 Å². The van der Waals surface area contributed by atoms with Gasteiger partial charge in [-0.15, -0.1) is 0 Å². The van der Waals surface area contributed by atoms with E-state index in [1.54, 1.807) is 25.4 Å². The number of halogens is 1. The predicted molar refractivity (Wildman–Crippen MR) is 79.4 cm³/mol. The molecule has 110 valence electrons. The number of nitrogens with one attached hydrogen (secondary N) is 1. The zero-order chi connectivity index (χ0) is 15.2. The van der Waals surface area contributed by atoms with Crippen LogP contribution in [0.15, 0.2) is 36.5 Å². The van der Waals surface area contributed by atoms with Crippen LogP contribution < -0.4 is 10.1 Å². The summed E-state index contributed by atoms with van der Waals surface area (Å²) in [7, 11) is 1.55. The van der Waals surface area contributed by atoms with Crippen LogP contribution in [-0.4, -0.2) is 17.0 Å². The highest BCUT2D eigenvalue weighted by Crippen LogP contribution is 2.23. The molecule has 0 unspecified atom stereocenters. The maximum Gasteiger partial charge on any atom is 0.275 e. The monoisotopic (exact) mass is 307 g/mol. The quantitative estimate of drug-likeness (QED) is 0.656. The smallest absolute Gasteiger partial charge is 0.275 e. The first-order valence-electron chi connectivity index (χ1n) is 6.23. The largest absolute Gasteiger partial charge is 0.481 e. The number of aromatic nitrogens is 1. The number of nitro benzene ring substituents is 1. The maximum atomic E-state index is 11.0. The molecule has 0 spiro atoms. The third kappa shape index (κ3) is 3.90. The van der Waals surface area contributed by atoms with Crippen LogP contribution in [0.1, 0.15) is 11.1 Å². The van der Waals surface area contributed by atoms with Gasteiger partial charge in [0, 0.05) is 41.5 Å². The van der Waals surface area contributed by atoms with Gasteiger partial charge in [0.05, 0.1) is 12.0 Å². The minimum atomic E-state index is -0.437. The first kappa shape index (κ1) is 15.2. The summed E-state index contributed by atoms with van der Waals surface area (Å²) in [5.74, 6) is 0.538. The van der Waals surface area contributed by atoms with Crippen LogP contribution in [0.2, 0.25) is 5.02 Å². The number of methoxy groups -OCH3 is 1. The van der Waals surface area contributed by atoms with E-state index in [4.69, 9.17) is 16.3 Å². The van der Waals surface area contributed by atoms with Crippen molar-refractivity contribution in [3.8, 4) is 5.88 Å². The van der Waals surface area contributed by atoms with Gasteiger partial charge >= 0.3 is 0 Å². The molecule has 0 amide bonds. The molecule has 0 fully saturated rings. The van der Waals surface area contributed by atoms with Crippen LogP contribution in [0.3, 0.4) is 0 Å². The van der Waals surface area contributed by atoms with E-state index in [0.717, 1.165) is 5.56 Å². The van der Waals surface area contributed by atoms with Gasteiger partial charge in [-0.25, -0.2) is 4.98 Å². The van der Waals surface area contributed by atoms with E-state index >= 15 is 0 Å². The zero-order valence-electron chi connectivity index (χ0n) is 11.4. The zero-order valence-corrected chi connectivity index (χ0v) is 12.1. The Kier molecular flexibility index (Phi) is 5.08. The van der Waals surface area contributed by atoms with Crippen molar-refractivity contribution < 1.29 is 9.66 Å². The van der Waals surface area contributed by atoms with Gasteiger partial charge < -0.3 is 10.1 Å². The standard InChI is InChI=1S/C14H14ClN3O3/c1-21-14-11(3-2-6-17-14)9-16-8-10-4-5-12(15)7-13(10)18(19)20/h2-7,16H,8-9H2,1H3. The van der Waals surface area contributed by atoms with Crippen molar-refractivity contribution in [1.29, 1.82) is 0 Å². The molecule has 0 bridgehead atoms. The Labute approximate surface area is 126 Å². The van der Waals surface area contributed by atoms with Crippen molar-refractivity contribution in [2.75, 3.05) is 7.11 Å². The highest BCUT2D eigenvalue weighted by Gasteiger charge is 2.14. The first-order chi connectivity index (χ1) is 10.1. The first-order valence-corrected chi connectivity index (χ1v) is 6.61. The molecule has 0 radical (unpaired) electrons. The summed E-state index contributed by atoms with van der Waals surface area (Å²) in [4.78, 5) is 14.7. The molecule has 0 aliphatic carbocycles. The van der Waals surface area contributed by atoms with Crippen molar-refractivity contribution >= 4 is 17.3 Å². The molecule has 0 atom stereocenters. The summed E-state index contributed by atoms with van der Waals surface area (Å²) in [5, 5.41) is 14.5. The molecule has 1 N–H and O–H groups in total. The second-order valence-electron chi connectivity index (χ2n) is 4.31. The van der Waals surface area contributed by atoms with Gasteiger partial charge in [-0.1, -0.05) is 17.7 Å². The topological polar surface area (TPSA) is 77.3 Å². The fourth-order valence-electron chi connectivity index (χ4n) is 1.93. The van der Waals surface area contributed by atoms with E-state index in [-0.39, 0.29) is 5.69 Å². The van der Waals surface area contributed by atoms with Gasteiger partial charge in [-0.3, -0.25) is 10.1 Å². The number of hydrogen-bond acceptors (Lipinski definition) is 5. The Hall–Kier alpha value is -2.18. The van der Waals surface area contributed by atoms with Crippen molar-refractivity contribution in [2.24, 2.45) is 0 Å². The molecule has 1 heterocycles. The van der Waals surface area contributed by atoms with Gasteiger partial charge in [-0.2, -0.15) is 0 Å². The van der Waals surface area contributed by atoms with Gasteiger partial charge in [0.25, 0.3) is 5.69 Å². The molecule has 7 heteroatoms. The predicted octanol–water partition coefficient (Wildman–Crippen LogP) is 2.94. The summed E-state index contributed by atoms with van der Waals surface area (Å²) >= 11 is 5.78. The van der Waals surface area contributed by atoms with Gasteiger partial charge in [-0.05, 0) is 18.2 Å². The Morgan fingerprint density at radius 2 is 2.10 bits per heavy atom. The number of rotatable bonds is 6. The molecule has 0 saturated heterocycles. The van der Waals surface area contributed by atoms with E-state index in [1.807, 2.05) is 12.1 Å². The molecule has 0 aliphatic rings. The molecule has 2 aromatic rings. The van der Waals surface area contributed by atoms with Gasteiger partial charge in [0.15, 0.2) is 0 Å². The number of benzene rings is 1. The van der Waals surface area contributed by atoms with E-state index < -0.39 is 4.92 Å². The lowest BCUT2D eigenvalue weighted by Gasteiger charge is -2.09. The van der Waals surface area contributed by atoms with Gasteiger partial charge in [0.2, 0.25) is 5.88 Å². The summed E-state index contributed by atoms with van der Waals surface area (Å²) in [6.07, 6.45) is 1.65. The Morgan fingerprint density at radius 1 is 1.33 bits per heavy atom. The lowest BCUT2D eigenvalue weighted by molar-refractivity contribution is -0.385. The van der Waals surface area contributed by atoms with Crippen LogP contribution in [0, 0.1) is 10.1 Å². The molecule has 0 saturated carbocycles. The molecule has 1 aromatic heterocycles. The number of ether oxygens (including phenoxy) is 1. The van der Waals surface area contributed by atoms with Crippen LogP contribution in [0.4, 0.5) is 5.69 Å². The van der Waals surface area contributed by atoms with E-state index in [9.17, 15) is 10.1 Å². The summed E-state index contributed by atoms with van der Waals surface area (Å²) < 4.78 is 5.15. The third-order valence-corrected chi connectivity index (χ3v) is 3.15. The van der Waals surface area contributed by atoms with Crippen molar-refractivity contribution in [3.63, 3.8) is 0 Å². The molecule has 6 nitrogen and oxygen atoms in total. The number of nitro groups is 1. The molecule has 1 aromatic carbocycles. The molecular weight excluding hydrogens is 294 g/mol. The van der Waals surface area contributed by atoms with Crippen molar-refractivity contribution in [1.82, 2.24) is 10.3 Å². The fraction of sp³-hybridized carbons (Fsp3) is 0.214. The minimum absolute atomic E-state index is 0.00755. The normalized spacial score (nSPS) is 10.4. The Bertz CT molecular complexity index is 649. The Balaban J connectivity index is 2.05. The number of nitrogens with zero attached hydrogens (tertiary/aromatic N) is 2. The van der Waals surface area contributed by atoms with Gasteiger partial charge in [0.1, 0.15) is 0 Å². The second-order valence-corrected chi connectivity index (χ2v) is 4.74. The molecule has 0 aliphatic heterocycles. The SMILES string of the molecule is COc1ncccc1CNCc1ccc(Cl)cc1[N+](=O)[O-]. The van der Waals surface area contributed by atoms with Crippen molar-refractivity contribution in [2.45, 2.75) is 13.1 Å². The maximum absolute atomic E-state index is 11.0. The van der Waals surface area contributed by atoms with E-state index in [1.165, 1.54) is 6.07 Å². The highest BCUT2D eigenvalue weighted by atomic mass is 35.5. The lowest BCUT2D eigenvalue weighted by Crippen LogP contribution is -2.14. The average Bonchev–Trinajstić information content (AvgIpc) is 2.49. The van der Waals surface area contributed by atoms with Crippen LogP contribution >= 0.6 is 11.6 Å². The van der Waals surface area contributed by atoms with Crippen LogP contribution in [0.5, 0.6) is 5.88 Å². The molecule has 2 rings (SSSR count). The third-order valence-electron chi connectivity index (χ3n) is 2.92. The summed E-state index contributed by atoms with van der Waals surface area (Å²) in [5.41, 5.74) is 1.47. The number of hydrogen-bond donors (Lipinski definition) is 1. The minimum Gasteiger partial charge on any atom is -0.481 e. The summed E-state index contributed by atoms with van der Waals surface area (Å²) in [6.45, 7) is 0.850. The molecule has 21 heavy (non-hydrogen) atoms. The Morgan fingerprint density at radius 3 is 2.81 bits per heavy atom. The van der Waals surface area contributed by atoms with Crippen LogP contribution in [-0.2, 0) is 13.1 Å². The fourth-order valence-corrected chi connectivity index (χ4v) is 2.10. The number of pyridine rings is 1. The second kappa shape index (κ2) is 7.01. The van der Waals surface area contributed by atoms with Crippen LogP contribution in [0.25, 0.3) is 0 Å². The van der Waals surface area contributed by atoms with E-state index in [2.05, 4.69) is 10.3 Å². The van der Waals surface area contributed by atoms with Crippen molar-refractivity contribution in [3.05, 3.63) is 62.8 Å². The lowest BCUT2D eigenvalue weighted by atomic mass is 10.1. The molecular formula is C14H14ClN3O3. The highest BCUT2D eigenvalue weighted by molar-refractivity contribution is 6.30.